The van der Waals surface area contributed by atoms with Crippen LogP contribution in [0.25, 0.3) is 11.3 Å². The Morgan fingerprint density at radius 3 is 2.47 bits per heavy atom. The van der Waals surface area contributed by atoms with Gasteiger partial charge < -0.3 is 15.5 Å². The quantitative estimate of drug-likeness (QED) is 0.575. The van der Waals surface area contributed by atoms with Crippen molar-refractivity contribution in [3.63, 3.8) is 0 Å². The van der Waals surface area contributed by atoms with Crippen LogP contribution in [0.5, 0.6) is 5.75 Å². The number of nitrogens with one attached hydrogen (secondary N) is 2. The van der Waals surface area contributed by atoms with Gasteiger partial charge in [0.2, 0.25) is 0 Å². The second-order valence-electron chi connectivity index (χ2n) is 3.99. The van der Waals surface area contributed by atoms with Crippen LogP contribution >= 0.6 is 0 Å². The summed E-state index contributed by atoms with van der Waals surface area (Å²) in [5, 5.41) is 7.27. The molecule has 0 fully saturated rings. The van der Waals surface area contributed by atoms with Crippen LogP contribution in [-0.2, 0) is 0 Å². The first-order valence-electron chi connectivity index (χ1n) is 5.92. The first-order chi connectivity index (χ1) is 9.11. The molecule has 2 rings (SSSR count). The number of benzene rings is 1. The highest BCUT2D eigenvalue weighted by atomic mass is 16.5. The molecule has 0 amide bonds. The van der Waals surface area contributed by atoms with Crippen LogP contribution in [0.3, 0.4) is 0 Å². The van der Waals surface area contributed by atoms with Crippen LogP contribution in [0.15, 0.2) is 41.2 Å². The maximum atomic E-state index is 11.7. The fraction of sp³-hybridized carbons (Fsp3) is 0.143. The molecule has 0 atom stereocenters. The number of nitrogens with two attached hydrogens (primary N) is 1. The van der Waals surface area contributed by atoms with E-state index in [1.54, 1.807) is 12.1 Å². The molecule has 0 aliphatic rings. The average molecular weight is 257 g/mol. The summed E-state index contributed by atoms with van der Waals surface area (Å²) >= 11 is 0. The van der Waals surface area contributed by atoms with E-state index in [1.165, 1.54) is 0 Å². The highest BCUT2D eigenvalue weighted by Crippen LogP contribution is 2.19. The van der Waals surface area contributed by atoms with E-state index in [4.69, 9.17) is 15.9 Å². The lowest BCUT2D eigenvalue weighted by molar-refractivity contribution is 0.340. The van der Waals surface area contributed by atoms with E-state index < -0.39 is 0 Å². The SMILES string of the molecule is CCOc1ccc(-c2ccc(C(=N)N)c(=O)[nH]2)cc1. The minimum Gasteiger partial charge on any atom is -0.494 e. The van der Waals surface area contributed by atoms with Crippen molar-refractivity contribution in [3.05, 3.63) is 52.3 Å². The summed E-state index contributed by atoms with van der Waals surface area (Å²) in [5.74, 6) is 0.549. The topological polar surface area (TPSA) is 92.0 Å². The fourth-order valence-electron chi connectivity index (χ4n) is 1.75. The van der Waals surface area contributed by atoms with Crippen molar-refractivity contribution >= 4 is 5.84 Å². The molecule has 0 saturated carbocycles. The van der Waals surface area contributed by atoms with Crippen molar-refractivity contribution in [3.8, 4) is 17.0 Å². The minimum absolute atomic E-state index is 0.176. The predicted molar refractivity (Wildman–Crippen MR) is 74.7 cm³/mol. The number of rotatable bonds is 4. The van der Waals surface area contributed by atoms with Crippen LogP contribution in [0.2, 0.25) is 0 Å². The molecule has 5 nitrogen and oxygen atoms in total. The Hall–Kier alpha value is -2.56. The highest BCUT2D eigenvalue weighted by Gasteiger charge is 2.05. The molecule has 0 bridgehead atoms. The zero-order valence-electron chi connectivity index (χ0n) is 10.6. The first-order valence-corrected chi connectivity index (χ1v) is 5.92. The van der Waals surface area contributed by atoms with Crippen molar-refractivity contribution < 1.29 is 4.74 Å². The molecule has 0 unspecified atom stereocenters. The number of hydrogen-bond acceptors (Lipinski definition) is 3. The normalized spacial score (nSPS) is 10.2. The van der Waals surface area contributed by atoms with Gasteiger partial charge in [0.1, 0.15) is 11.6 Å². The zero-order valence-corrected chi connectivity index (χ0v) is 10.6. The lowest BCUT2D eigenvalue weighted by atomic mass is 10.1. The average Bonchev–Trinajstić information content (AvgIpc) is 2.39. The van der Waals surface area contributed by atoms with Gasteiger partial charge >= 0.3 is 0 Å². The maximum Gasteiger partial charge on any atom is 0.259 e. The van der Waals surface area contributed by atoms with Gasteiger partial charge in [-0.25, -0.2) is 0 Å². The predicted octanol–water partition coefficient (Wildman–Crippen LogP) is 1.72. The molecular formula is C14H15N3O2. The molecule has 1 heterocycles. The Labute approximate surface area is 110 Å². The second kappa shape index (κ2) is 5.39. The minimum atomic E-state index is -0.362. The number of ether oxygens (including phenoxy) is 1. The Bertz CT molecular complexity index is 644. The fourth-order valence-corrected chi connectivity index (χ4v) is 1.75. The van der Waals surface area contributed by atoms with Crippen molar-refractivity contribution in [2.45, 2.75) is 6.92 Å². The first kappa shape index (κ1) is 12.9. The number of aromatic nitrogens is 1. The molecule has 1 aromatic carbocycles. The molecule has 2 aromatic rings. The molecule has 0 saturated heterocycles. The van der Waals surface area contributed by atoms with Crippen LogP contribution in [-0.4, -0.2) is 17.4 Å². The third kappa shape index (κ3) is 2.82. The van der Waals surface area contributed by atoms with Crippen molar-refractivity contribution in [2.75, 3.05) is 6.61 Å². The van der Waals surface area contributed by atoms with Gasteiger partial charge in [-0.1, -0.05) is 0 Å². The van der Waals surface area contributed by atoms with Gasteiger partial charge in [-0.05, 0) is 48.9 Å². The van der Waals surface area contributed by atoms with E-state index in [0.29, 0.717) is 12.3 Å². The van der Waals surface area contributed by atoms with Crippen molar-refractivity contribution in [2.24, 2.45) is 5.73 Å². The van der Waals surface area contributed by atoms with E-state index in [0.717, 1.165) is 11.3 Å². The third-order valence-electron chi connectivity index (χ3n) is 2.68. The summed E-state index contributed by atoms with van der Waals surface area (Å²) in [6.07, 6.45) is 0. The van der Waals surface area contributed by atoms with Gasteiger partial charge in [-0.3, -0.25) is 10.2 Å². The lowest BCUT2D eigenvalue weighted by Gasteiger charge is -2.06. The van der Waals surface area contributed by atoms with Gasteiger partial charge in [-0.15, -0.1) is 0 Å². The summed E-state index contributed by atoms with van der Waals surface area (Å²) in [4.78, 5) is 14.4. The van der Waals surface area contributed by atoms with Crippen LogP contribution < -0.4 is 16.0 Å². The standard InChI is InChI=1S/C14H15N3O2/c1-2-19-10-5-3-9(4-6-10)12-8-7-11(13(15)16)14(18)17-12/h3-8H,2H2,1H3,(H3,15,16)(H,17,18). The van der Waals surface area contributed by atoms with Gasteiger partial charge in [0.05, 0.1) is 12.2 Å². The second-order valence-corrected chi connectivity index (χ2v) is 3.99. The number of amidine groups is 1. The molecule has 0 aliphatic heterocycles. The summed E-state index contributed by atoms with van der Waals surface area (Å²) in [7, 11) is 0. The molecule has 0 aliphatic carbocycles. The van der Waals surface area contributed by atoms with Crippen molar-refractivity contribution in [1.82, 2.24) is 4.98 Å². The Balaban J connectivity index is 2.34. The van der Waals surface area contributed by atoms with Crippen LogP contribution in [0.1, 0.15) is 12.5 Å². The van der Waals surface area contributed by atoms with E-state index >= 15 is 0 Å². The molecular weight excluding hydrogens is 242 g/mol. The molecule has 0 radical (unpaired) electrons. The molecule has 0 spiro atoms. The third-order valence-corrected chi connectivity index (χ3v) is 2.68. The molecule has 1 aromatic heterocycles. The Morgan fingerprint density at radius 2 is 1.95 bits per heavy atom. The summed E-state index contributed by atoms with van der Waals surface area (Å²) in [6, 6.07) is 10.7. The lowest BCUT2D eigenvalue weighted by Crippen LogP contribution is -2.23. The van der Waals surface area contributed by atoms with Crippen LogP contribution in [0, 0.1) is 5.41 Å². The van der Waals surface area contributed by atoms with Crippen molar-refractivity contribution in [1.29, 1.82) is 5.41 Å². The number of pyridine rings is 1. The molecule has 4 N–H and O–H groups in total. The molecule has 19 heavy (non-hydrogen) atoms. The number of nitrogen functional groups attached to an aromatic ring is 1. The number of hydrogen-bond donors (Lipinski definition) is 3. The summed E-state index contributed by atoms with van der Waals surface area (Å²) in [5.41, 5.74) is 6.67. The highest BCUT2D eigenvalue weighted by molar-refractivity contribution is 5.94. The Morgan fingerprint density at radius 1 is 1.26 bits per heavy atom. The largest absolute Gasteiger partial charge is 0.494 e. The van der Waals surface area contributed by atoms with Gasteiger partial charge in [0, 0.05) is 5.69 Å². The summed E-state index contributed by atoms with van der Waals surface area (Å²) < 4.78 is 5.35. The van der Waals surface area contributed by atoms with E-state index in [9.17, 15) is 4.79 Å². The zero-order chi connectivity index (χ0) is 13.8. The van der Waals surface area contributed by atoms with Gasteiger partial charge in [0.15, 0.2) is 0 Å². The van der Waals surface area contributed by atoms with E-state index in [-0.39, 0.29) is 17.0 Å². The summed E-state index contributed by atoms with van der Waals surface area (Å²) in [6.45, 7) is 2.54. The van der Waals surface area contributed by atoms with E-state index in [2.05, 4.69) is 4.98 Å². The monoisotopic (exact) mass is 257 g/mol. The van der Waals surface area contributed by atoms with Crippen LogP contribution in [0.4, 0.5) is 0 Å². The molecule has 5 heteroatoms. The van der Waals surface area contributed by atoms with E-state index in [1.807, 2.05) is 31.2 Å². The van der Waals surface area contributed by atoms with Gasteiger partial charge in [0.25, 0.3) is 5.56 Å². The Kier molecular flexibility index (Phi) is 3.66. The molecule has 98 valence electrons. The number of aromatic amines is 1. The maximum absolute atomic E-state index is 11.7. The van der Waals surface area contributed by atoms with Gasteiger partial charge in [-0.2, -0.15) is 0 Å². The number of H-pyrrole nitrogens is 1. The smallest absolute Gasteiger partial charge is 0.259 e.